The number of thioether (sulfide) groups is 1. The SMILES string of the molecule is CNC(c1ccc(SC)cc1)c1c(C)cc(C)cc1OC. The molecule has 0 spiro atoms. The zero-order chi connectivity index (χ0) is 15.4. The number of ether oxygens (including phenoxy) is 1. The molecule has 1 unspecified atom stereocenters. The lowest BCUT2D eigenvalue weighted by Crippen LogP contribution is -2.19. The van der Waals surface area contributed by atoms with E-state index >= 15 is 0 Å². The molecule has 2 aromatic rings. The van der Waals surface area contributed by atoms with E-state index in [0.717, 1.165) is 5.75 Å². The monoisotopic (exact) mass is 301 g/mol. The molecular formula is C18H23NOS. The van der Waals surface area contributed by atoms with Crippen LogP contribution >= 0.6 is 11.8 Å². The van der Waals surface area contributed by atoms with Gasteiger partial charge in [0, 0.05) is 10.5 Å². The van der Waals surface area contributed by atoms with Crippen molar-refractivity contribution in [3.05, 3.63) is 58.7 Å². The molecular weight excluding hydrogens is 278 g/mol. The Morgan fingerprint density at radius 2 is 1.76 bits per heavy atom. The Kier molecular flexibility index (Phi) is 5.32. The highest BCUT2D eigenvalue weighted by molar-refractivity contribution is 7.98. The van der Waals surface area contributed by atoms with Crippen LogP contribution in [0.25, 0.3) is 0 Å². The molecule has 0 saturated carbocycles. The molecule has 2 aromatic carbocycles. The first-order valence-corrected chi connectivity index (χ1v) is 8.29. The fraction of sp³-hybridized carbons (Fsp3) is 0.333. The third kappa shape index (κ3) is 3.42. The van der Waals surface area contributed by atoms with Crippen LogP contribution in [0.5, 0.6) is 5.75 Å². The van der Waals surface area contributed by atoms with Crippen molar-refractivity contribution in [3.8, 4) is 5.75 Å². The second-order valence-corrected chi connectivity index (χ2v) is 6.07. The van der Waals surface area contributed by atoms with Gasteiger partial charge in [-0.15, -0.1) is 11.8 Å². The van der Waals surface area contributed by atoms with Crippen LogP contribution in [0.2, 0.25) is 0 Å². The molecule has 0 heterocycles. The molecule has 0 fully saturated rings. The largest absolute Gasteiger partial charge is 0.496 e. The Labute approximate surface area is 131 Å². The van der Waals surface area contributed by atoms with Crippen molar-refractivity contribution in [3.63, 3.8) is 0 Å². The fourth-order valence-electron chi connectivity index (χ4n) is 2.75. The van der Waals surface area contributed by atoms with Gasteiger partial charge in [0.1, 0.15) is 5.75 Å². The highest BCUT2D eigenvalue weighted by Gasteiger charge is 2.19. The van der Waals surface area contributed by atoms with Crippen molar-refractivity contribution in [2.45, 2.75) is 24.8 Å². The molecule has 0 saturated heterocycles. The third-order valence-electron chi connectivity index (χ3n) is 3.74. The number of nitrogens with one attached hydrogen (secondary N) is 1. The van der Waals surface area contributed by atoms with Crippen molar-refractivity contribution in [1.29, 1.82) is 0 Å². The van der Waals surface area contributed by atoms with Gasteiger partial charge in [-0.1, -0.05) is 18.2 Å². The predicted octanol–water partition coefficient (Wildman–Crippen LogP) is 4.34. The summed E-state index contributed by atoms with van der Waals surface area (Å²) in [4.78, 5) is 1.28. The van der Waals surface area contributed by atoms with Gasteiger partial charge < -0.3 is 10.1 Å². The molecule has 0 radical (unpaired) electrons. The molecule has 21 heavy (non-hydrogen) atoms. The Hall–Kier alpha value is -1.45. The van der Waals surface area contributed by atoms with Crippen molar-refractivity contribution < 1.29 is 4.74 Å². The van der Waals surface area contributed by atoms with Crippen LogP contribution in [0.3, 0.4) is 0 Å². The van der Waals surface area contributed by atoms with Crippen LogP contribution in [0, 0.1) is 13.8 Å². The maximum Gasteiger partial charge on any atom is 0.124 e. The first kappa shape index (κ1) is 15.9. The number of hydrogen-bond donors (Lipinski definition) is 1. The van der Waals surface area contributed by atoms with Crippen molar-refractivity contribution in [2.24, 2.45) is 0 Å². The highest BCUT2D eigenvalue weighted by atomic mass is 32.2. The number of benzene rings is 2. The Morgan fingerprint density at radius 1 is 1.10 bits per heavy atom. The Morgan fingerprint density at radius 3 is 2.29 bits per heavy atom. The van der Waals surface area contributed by atoms with E-state index in [1.54, 1.807) is 18.9 Å². The van der Waals surface area contributed by atoms with Gasteiger partial charge in [-0.05, 0) is 62.0 Å². The molecule has 0 aliphatic rings. The second kappa shape index (κ2) is 7.01. The second-order valence-electron chi connectivity index (χ2n) is 5.19. The summed E-state index contributed by atoms with van der Waals surface area (Å²) in [6.07, 6.45) is 2.09. The van der Waals surface area contributed by atoms with Gasteiger partial charge in [-0.3, -0.25) is 0 Å². The minimum Gasteiger partial charge on any atom is -0.496 e. The highest BCUT2D eigenvalue weighted by Crippen LogP contribution is 2.34. The van der Waals surface area contributed by atoms with Gasteiger partial charge in [0.05, 0.1) is 13.2 Å². The summed E-state index contributed by atoms with van der Waals surface area (Å²) in [5.41, 5.74) is 4.93. The minimum absolute atomic E-state index is 0.136. The Bertz CT molecular complexity index is 607. The lowest BCUT2D eigenvalue weighted by molar-refractivity contribution is 0.404. The summed E-state index contributed by atoms with van der Waals surface area (Å²) in [6.45, 7) is 4.24. The molecule has 0 aromatic heterocycles. The van der Waals surface area contributed by atoms with E-state index in [-0.39, 0.29) is 6.04 Å². The number of aryl methyl sites for hydroxylation is 2. The molecule has 2 rings (SSSR count). The van der Waals surface area contributed by atoms with Gasteiger partial charge in [0.25, 0.3) is 0 Å². The molecule has 2 nitrogen and oxygen atoms in total. The van der Waals surface area contributed by atoms with E-state index in [4.69, 9.17) is 4.74 Å². The summed E-state index contributed by atoms with van der Waals surface area (Å²) in [6, 6.07) is 13.1. The molecule has 0 amide bonds. The maximum absolute atomic E-state index is 5.61. The quantitative estimate of drug-likeness (QED) is 0.830. The normalized spacial score (nSPS) is 12.2. The lowest BCUT2D eigenvalue weighted by Gasteiger charge is -2.23. The summed E-state index contributed by atoms with van der Waals surface area (Å²) >= 11 is 1.76. The number of methoxy groups -OCH3 is 1. The molecule has 1 N–H and O–H groups in total. The smallest absolute Gasteiger partial charge is 0.124 e. The minimum atomic E-state index is 0.136. The standard InChI is InChI=1S/C18H23NOS/c1-12-10-13(2)17(16(11-12)20-4)18(19-3)14-6-8-15(21-5)9-7-14/h6-11,18-19H,1-5H3. The molecule has 0 bridgehead atoms. The zero-order valence-electron chi connectivity index (χ0n) is 13.4. The van der Waals surface area contributed by atoms with Crippen LogP contribution in [0.15, 0.2) is 41.3 Å². The van der Waals surface area contributed by atoms with E-state index in [2.05, 4.69) is 61.8 Å². The summed E-state index contributed by atoms with van der Waals surface area (Å²) in [5, 5.41) is 3.42. The van der Waals surface area contributed by atoms with Gasteiger partial charge in [0.15, 0.2) is 0 Å². The van der Waals surface area contributed by atoms with Crippen LogP contribution in [0.4, 0.5) is 0 Å². The van der Waals surface area contributed by atoms with Crippen molar-refractivity contribution in [2.75, 3.05) is 20.4 Å². The molecule has 112 valence electrons. The summed E-state index contributed by atoms with van der Waals surface area (Å²) in [5.74, 6) is 0.945. The van der Waals surface area contributed by atoms with Crippen molar-refractivity contribution >= 4 is 11.8 Å². The van der Waals surface area contributed by atoms with Crippen molar-refractivity contribution in [1.82, 2.24) is 5.32 Å². The fourth-order valence-corrected chi connectivity index (χ4v) is 3.16. The van der Waals surface area contributed by atoms with Crippen LogP contribution < -0.4 is 10.1 Å². The maximum atomic E-state index is 5.61. The number of rotatable bonds is 5. The lowest BCUT2D eigenvalue weighted by atomic mass is 9.93. The Balaban J connectivity index is 2.50. The van der Waals surface area contributed by atoms with Gasteiger partial charge >= 0.3 is 0 Å². The third-order valence-corrected chi connectivity index (χ3v) is 4.48. The molecule has 3 heteroatoms. The number of hydrogen-bond acceptors (Lipinski definition) is 3. The van der Waals surface area contributed by atoms with E-state index in [1.165, 1.54) is 27.1 Å². The topological polar surface area (TPSA) is 21.3 Å². The average molecular weight is 301 g/mol. The molecule has 0 aliphatic carbocycles. The average Bonchev–Trinajstić information content (AvgIpc) is 2.50. The first-order valence-electron chi connectivity index (χ1n) is 7.07. The van der Waals surface area contributed by atoms with E-state index in [0.29, 0.717) is 0 Å². The van der Waals surface area contributed by atoms with E-state index in [1.807, 2.05) is 7.05 Å². The van der Waals surface area contributed by atoms with Crippen LogP contribution in [0.1, 0.15) is 28.3 Å². The summed E-state index contributed by atoms with van der Waals surface area (Å²) < 4.78 is 5.61. The predicted molar refractivity (Wildman–Crippen MR) is 91.6 cm³/mol. The van der Waals surface area contributed by atoms with Gasteiger partial charge in [-0.2, -0.15) is 0 Å². The van der Waals surface area contributed by atoms with Gasteiger partial charge in [-0.25, -0.2) is 0 Å². The van der Waals surface area contributed by atoms with Crippen LogP contribution in [-0.2, 0) is 0 Å². The zero-order valence-corrected chi connectivity index (χ0v) is 14.2. The van der Waals surface area contributed by atoms with Crippen LogP contribution in [-0.4, -0.2) is 20.4 Å². The first-order chi connectivity index (χ1) is 10.1. The molecule has 0 aliphatic heterocycles. The summed E-state index contributed by atoms with van der Waals surface area (Å²) in [7, 11) is 3.73. The van der Waals surface area contributed by atoms with E-state index < -0.39 is 0 Å². The van der Waals surface area contributed by atoms with E-state index in [9.17, 15) is 0 Å². The van der Waals surface area contributed by atoms with Gasteiger partial charge in [0.2, 0.25) is 0 Å². The molecule has 1 atom stereocenters.